The lowest BCUT2D eigenvalue weighted by molar-refractivity contribution is 0.179. The molecule has 1 N–H and O–H groups in total. The van der Waals surface area contributed by atoms with Gasteiger partial charge >= 0.3 is 0 Å². The molecule has 0 saturated carbocycles. The maximum atomic E-state index is 10.0. The number of hydrogen-bond donors (Lipinski definition) is 1. The monoisotopic (exact) mass is 236 g/mol. The largest absolute Gasteiger partial charge is 0.388 e. The van der Waals surface area contributed by atoms with Crippen LogP contribution in [0.15, 0.2) is 29.9 Å². The fourth-order valence-corrected chi connectivity index (χ4v) is 2.29. The van der Waals surface area contributed by atoms with E-state index in [1.807, 2.05) is 28.4 Å². The Morgan fingerprint density at radius 3 is 2.88 bits per heavy atom. The highest BCUT2D eigenvalue weighted by molar-refractivity contribution is 7.09. The van der Waals surface area contributed by atoms with Crippen molar-refractivity contribution in [3.05, 3.63) is 40.3 Å². The normalized spacial score (nSPS) is 13.2. The minimum absolute atomic E-state index is 0.336. The third kappa shape index (κ3) is 2.51. The van der Waals surface area contributed by atoms with E-state index in [1.165, 1.54) is 4.88 Å². The molecule has 1 atom stereocenters. The van der Waals surface area contributed by atoms with Crippen molar-refractivity contribution in [3.8, 4) is 0 Å². The molecule has 0 bridgehead atoms. The summed E-state index contributed by atoms with van der Waals surface area (Å²) in [4.78, 5) is 1.20. The summed E-state index contributed by atoms with van der Waals surface area (Å²) in [6.07, 6.45) is 3.88. The van der Waals surface area contributed by atoms with Crippen molar-refractivity contribution in [2.45, 2.75) is 32.4 Å². The number of thiophene rings is 1. The summed E-state index contributed by atoms with van der Waals surface area (Å²) in [6, 6.07) is 4.38. The van der Waals surface area contributed by atoms with Gasteiger partial charge in [-0.3, -0.25) is 4.68 Å². The molecule has 16 heavy (non-hydrogen) atoms. The van der Waals surface area contributed by atoms with Crippen LogP contribution in [0.2, 0.25) is 0 Å². The number of nitrogens with zero attached hydrogens (tertiary/aromatic N) is 2. The first-order chi connectivity index (χ1) is 7.66. The maximum absolute atomic E-state index is 10.0. The smallest absolute Gasteiger partial charge is 0.0868 e. The van der Waals surface area contributed by atoms with Crippen LogP contribution in [0, 0.1) is 0 Å². The van der Waals surface area contributed by atoms with Gasteiger partial charge in [0.2, 0.25) is 0 Å². The highest BCUT2D eigenvalue weighted by Crippen LogP contribution is 2.21. The molecule has 0 aliphatic heterocycles. The zero-order valence-electron chi connectivity index (χ0n) is 9.50. The maximum Gasteiger partial charge on any atom is 0.0868 e. The minimum atomic E-state index is -0.453. The molecule has 86 valence electrons. The number of hydrogen-bond acceptors (Lipinski definition) is 3. The Morgan fingerprint density at radius 1 is 1.50 bits per heavy atom. The fraction of sp³-hybridized carbons (Fsp3) is 0.417. The lowest BCUT2D eigenvalue weighted by Gasteiger charge is -2.07. The van der Waals surface area contributed by atoms with Gasteiger partial charge in [0.05, 0.1) is 12.3 Å². The van der Waals surface area contributed by atoms with Crippen molar-refractivity contribution in [1.29, 1.82) is 0 Å². The second kappa shape index (κ2) is 4.80. The lowest BCUT2D eigenvalue weighted by Crippen LogP contribution is -2.01. The van der Waals surface area contributed by atoms with Gasteiger partial charge in [-0.25, -0.2) is 0 Å². The van der Waals surface area contributed by atoms with E-state index < -0.39 is 6.10 Å². The highest BCUT2D eigenvalue weighted by atomic mass is 32.1. The molecule has 0 aliphatic carbocycles. The predicted octanol–water partition coefficient (Wildman–Crippen LogP) is 2.80. The Morgan fingerprint density at radius 2 is 2.31 bits per heavy atom. The molecule has 0 aliphatic rings. The molecule has 3 nitrogen and oxygen atoms in total. The quantitative estimate of drug-likeness (QED) is 0.886. The highest BCUT2D eigenvalue weighted by Gasteiger charge is 2.12. The van der Waals surface area contributed by atoms with Crippen LogP contribution in [0.5, 0.6) is 0 Å². The summed E-state index contributed by atoms with van der Waals surface area (Å²) in [5, 5.41) is 16.3. The molecule has 0 spiro atoms. The van der Waals surface area contributed by atoms with E-state index in [0.717, 1.165) is 5.56 Å². The molecule has 2 heterocycles. The minimum Gasteiger partial charge on any atom is -0.388 e. The van der Waals surface area contributed by atoms with Crippen molar-refractivity contribution in [3.63, 3.8) is 0 Å². The number of aromatic nitrogens is 2. The zero-order chi connectivity index (χ0) is 11.5. The lowest BCUT2D eigenvalue weighted by atomic mass is 10.1. The van der Waals surface area contributed by atoms with E-state index in [4.69, 9.17) is 0 Å². The van der Waals surface area contributed by atoms with E-state index in [0.29, 0.717) is 12.5 Å². The van der Waals surface area contributed by atoms with E-state index in [2.05, 4.69) is 18.9 Å². The van der Waals surface area contributed by atoms with Crippen LogP contribution in [-0.4, -0.2) is 14.9 Å². The Balaban J connectivity index is 2.06. The first-order valence-electron chi connectivity index (χ1n) is 5.41. The third-order valence-electron chi connectivity index (χ3n) is 2.51. The number of aliphatic hydroxyl groups excluding tert-OH is 1. The van der Waals surface area contributed by atoms with Gasteiger partial charge in [-0.2, -0.15) is 5.10 Å². The van der Waals surface area contributed by atoms with Crippen LogP contribution in [0.4, 0.5) is 0 Å². The topological polar surface area (TPSA) is 38.0 Å². The van der Waals surface area contributed by atoms with Gasteiger partial charge in [0.15, 0.2) is 0 Å². The molecule has 4 heteroatoms. The molecule has 2 aromatic heterocycles. The van der Waals surface area contributed by atoms with Gasteiger partial charge in [0, 0.05) is 29.1 Å². The van der Waals surface area contributed by atoms with Crippen molar-refractivity contribution >= 4 is 11.3 Å². The Hall–Kier alpha value is -1.13. The molecular formula is C12H16N2OS. The Labute approximate surface area is 99.4 Å². The van der Waals surface area contributed by atoms with Gasteiger partial charge in [-0.15, -0.1) is 11.3 Å². The van der Waals surface area contributed by atoms with Gasteiger partial charge in [0.1, 0.15) is 0 Å². The molecule has 2 aromatic rings. The first kappa shape index (κ1) is 11.4. The van der Waals surface area contributed by atoms with E-state index in [9.17, 15) is 5.11 Å². The number of rotatable bonds is 4. The summed E-state index contributed by atoms with van der Waals surface area (Å²) < 4.78 is 1.87. The van der Waals surface area contributed by atoms with Crippen LogP contribution in [0.25, 0.3) is 0 Å². The molecular weight excluding hydrogens is 220 g/mol. The summed E-state index contributed by atoms with van der Waals surface area (Å²) in [7, 11) is 0. The van der Waals surface area contributed by atoms with E-state index in [1.54, 1.807) is 17.5 Å². The zero-order valence-corrected chi connectivity index (χ0v) is 10.3. The molecule has 1 unspecified atom stereocenters. The van der Waals surface area contributed by atoms with Crippen LogP contribution >= 0.6 is 11.3 Å². The van der Waals surface area contributed by atoms with Gasteiger partial charge in [-0.1, -0.05) is 6.07 Å². The summed E-state index contributed by atoms with van der Waals surface area (Å²) in [6.45, 7) is 4.14. The average Bonchev–Trinajstić information content (AvgIpc) is 2.86. The molecule has 0 radical (unpaired) electrons. The van der Waals surface area contributed by atoms with Gasteiger partial charge in [-0.05, 0) is 25.3 Å². The number of aliphatic hydroxyl groups is 1. The second-order valence-electron chi connectivity index (χ2n) is 4.15. The summed E-state index contributed by atoms with van der Waals surface area (Å²) in [5.41, 5.74) is 0.891. The summed E-state index contributed by atoms with van der Waals surface area (Å²) in [5.74, 6) is 0. The van der Waals surface area contributed by atoms with Crippen molar-refractivity contribution in [2.75, 3.05) is 0 Å². The molecule has 0 aromatic carbocycles. The van der Waals surface area contributed by atoms with Gasteiger partial charge in [0.25, 0.3) is 0 Å². The average molecular weight is 236 g/mol. The van der Waals surface area contributed by atoms with E-state index >= 15 is 0 Å². The molecule has 0 fully saturated rings. The second-order valence-corrected chi connectivity index (χ2v) is 5.18. The molecule has 0 saturated heterocycles. The summed E-state index contributed by atoms with van der Waals surface area (Å²) >= 11 is 1.67. The molecule has 0 amide bonds. The SMILES string of the molecule is CC(C)n1cc(C(O)Cc2cccs2)cn1. The van der Waals surface area contributed by atoms with E-state index in [-0.39, 0.29) is 0 Å². The van der Waals surface area contributed by atoms with Crippen LogP contribution in [-0.2, 0) is 6.42 Å². The van der Waals surface area contributed by atoms with Crippen LogP contribution in [0.1, 0.15) is 36.4 Å². The first-order valence-corrected chi connectivity index (χ1v) is 6.29. The van der Waals surface area contributed by atoms with Crippen molar-refractivity contribution in [2.24, 2.45) is 0 Å². The molecule has 2 rings (SSSR count). The third-order valence-corrected chi connectivity index (χ3v) is 3.41. The van der Waals surface area contributed by atoms with Crippen LogP contribution in [0.3, 0.4) is 0 Å². The predicted molar refractivity (Wildman–Crippen MR) is 65.6 cm³/mol. The van der Waals surface area contributed by atoms with Crippen LogP contribution < -0.4 is 0 Å². The Bertz CT molecular complexity index is 434. The Kier molecular flexibility index (Phi) is 3.41. The van der Waals surface area contributed by atoms with Crippen molar-refractivity contribution in [1.82, 2.24) is 9.78 Å². The standard InChI is InChI=1S/C12H16N2OS/c1-9(2)14-8-10(7-13-14)12(15)6-11-4-3-5-16-11/h3-5,7-9,12,15H,6H2,1-2H3. The van der Waals surface area contributed by atoms with Crippen molar-refractivity contribution < 1.29 is 5.11 Å². The fourth-order valence-electron chi connectivity index (χ4n) is 1.54. The van der Waals surface area contributed by atoms with Gasteiger partial charge < -0.3 is 5.11 Å².